The van der Waals surface area contributed by atoms with Gasteiger partial charge in [-0.1, -0.05) is 12.1 Å². The number of hydrogen-bond donors (Lipinski definition) is 1. The smallest absolute Gasteiger partial charge is 0.132 e. The van der Waals surface area contributed by atoms with Crippen LogP contribution in [0, 0.1) is 5.82 Å². The van der Waals surface area contributed by atoms with E-state index in [1.165, 1.54) is 12.4 Å². The van der Waals surface area contributed by atoms with Crippen LogP contribution in [0.5, 0.6) is 0 Å². The highest BCUT2D eigenvalue weighted by molar-refractivity contribution is 5.94. The summed E-state index contributed by atoms with van der Waals surface area (Å²) < 4.78 is 20.5. The molecule has 2 aliphatic heterocycles. The topological polar surface area (TPSA) is 70.8 Å². The first-order valence-corrected chi connectivity index (χ1v) is 11.6. The molecule has 1 fully saturated rings. The van der Waals surface area contributed by atoms with Crippen molar-refractivity contribution in [2.45, 2.75) is 25.9 Å². The largest absolute Gasteiger partial charge is 0.382 e. The van der Waals surface area contributed by atoms with Gasteiger partial charge in [0.15, 0.2) is 0 Å². The number of aliphatic imine (C=N–C) groups is 1. The highest BCUT2D eigenvalue weighted by Crippen LogP contribution is 2.34. The second kappa shape index (κ2) is 9.83. The lowest BCUT2D eigenvalue weighted by atomic mass is 9.96. The lowest BCUT2D eigenvalue weighted by Gasteiger charge is -2.29. The maximum absolute atomic E-state index is 15.0. The average molecular weight is 459 g/mol. The fraction of sp³-hybridized carbons (Fsp3) is 0.296. The lowest BCUT2D eigenvalue weighted by molar-refractivity contribution is 0.122. The number of fused-ring (bicyclic) bond motifs is 1. The van der Waals surface area contributed by atoms with Crippen LogP contribution < -0.4 is 4.90 Å². The van der Waals surface area contributed by atoms with E-state index in [0.717, 1.165) is 48.1 Å². The fourth-order valence-corrected chi connectivity index (χ4v) is 4.45. The molecule has 7 heteroatoms. The van der Waals surface area contributed by atoms with E-state index >= 15 is 4.39 Å². The fourth-order valence-electron chi connectivity index (χ4n) is 4.45. The maximum atomic E-state index is 15.0. The van der Waals surface area contributed by atoms with E-state index in [-0.39, 0.29) is 0 Å². The molecule has 1 saturated heterocycles. The SMILES string of the molecule is CC1=C(C(O)c2ccc(F)c(-c3ncnc4cc(N5CCOCC5)ccc34)c2)N=CC=CCC1. The normalized spacial score (nSPS) is 17.7. The average Bonchev–Trinajstić information content (AvgIpc) is 2.86. The van der Waals surface area contributed by atoms with Crippen molar-refractivity contribution in [2.24, 2.45) is 4.99 Å². The van der Waals surface area contributed by atoms with Crippen molar-refractivity contribution in [2.75, 3.05) is 31.2 Å². The molecule has 0 bridgehead atoms. The van der Waals surface area contributed by atoms with Crippen LogP contribution in [-0.2, 0) is 4.74 Å². The zero-order chi connectivity index (χ0) is 23.5. The Hall–Kier alpha value is -3.42. The van der Waals surface area contributed by atoms with Crippen LogP contribution >= 0.6 is 0 Å². The zero-order valence-corrected chi connectivity index (χ0v) is 19.1. The number of nitrogens with zero attached hydrogens (tertiary/aromatic N) is 4. The second-order valence-corrected chi connectivity index (χ2v) is 8.58. The van der Waals surface area contributed by atoms with E-state index in [2.05, 4.69) is 25.9 Å². The molecule has 34 heavy (non-hydrogen) atoms. The quantitative estimate of drug-likeness (QED) is 0.596. The van der Waals surface area contributed by atoms with Gasteiger partial charge >= 0.3 is 0 Å². The molecule has 1 aromatic heterocycles. The van der Waals surface area contributed by atoms with Gasteiger partial charge in [0.2, 0.25) is 0 Å². The Kier molecular flexibility index (Phi) is 6.47. The molecule has 1 atom stereocenters. The van der Waals surface area contributed by atoms with E-state index in [9.17, 15) is 5.11 Å². The van der Waals surface area contributed by atoms with Crippen molar-refractivity contribution in [1.82, 2.24) is 9.97 Å². The van der Waals surface area contributed by atoms with E-state index in [4.69, 9.17) is 4.74 Å². The number of aliphatic hydroxyl groups is 1. The number of rotatable bonds is 4. The number of aromatic nitrogens is 2. The van der Waals surface area contributed by atoms with Gasteiger partial charge in [-0.05, 0) is 67.3 Å². The monoisotopic (exact) mass is 458 g/mol. The number of aliphatic hydroxyl groups excluding tert-OH is 1. The van der Waals surface area contributed by atoms with Crippen LogP contribution in [0.4, 0.5) is 10.1 Å². The summed E-state index contributed by atoms with van der Waals surface area (Å²) in [7, 11) is 0. The molecular formula is C27H27FN4O2. The molecule has 5 rings (SSSR count). The van der Waals surface area contributed by atoms with E-state index in [1.54, 1.807) is 18.3 Å². The summed E-state index contributed by atoms with van der Waals surface area (Å²) in [6.45, 7) is 5.02. The second-order valence-electron chi connectivity index (χ2n) is 8.58. The van der Waals surface area contributed by atoms with Crippen LogP contribution in [0.2, 0.25) is 0 Å². The molecular weight excluding hydrogens is 431 g/mol. The first-order chi connectivity index (χ1) is 16.6. The molecule has 1 N–H and O–H groups in total. The molecule has 2 aliphatic rings. The molecule has 0 spiro atoms. The van der Waals surface area contributed by atoms with Crippen LogP contribution in [0.3, 0.4) is 0 Å². The minimum Gasteiger partial charge on any atom is -0.382 e. The van der Waals surface area contributed by atoms with E-state index in [1.807, 2.05) is 31.2 Å². The molecule has 1 unspecified atom stereocenters. The van der Waals surface area contributed by atoms with Gasteiger partial charge in [-0.15, -0.1) is 0 Å². The minimum absolute atomic E-state index is 0.330. The molecule has 0 amide bonds. The first-order valence-electron chi connectivity index (χ1n) is 11.6. The van der Waals surface area contributed by atoms with Gasteiger partial charge in [0, 0.05) is 35.9 Å². The van der Waals surface area contributed by atoms with Gasteiger partial charge in [-0.2, -0.15) is 0 Å². The van der Waals surface area contributed by atoms with Gasteiger partial charge in [-0.3, -0.25) is 4.99 Å². The summed E-state index contributed by atoms with van der Waals surface area (Å²) in [5.41, 5.74) is 4.82. The Morgan fingerprint density at radius 1 is 1.09 bits per heavy atom. The predicted molar refractivity (Wildman–Crippen MR) is 132 cm³/mol. The van der Waals surface area contributed by atoms with Gasteiger partial charge in [0.25, 0.3) is 0 Å². The summed E-state index contributed by atoms with van der Waals surface area (Å²) in [4.78, 5) is 15.6. The van der Waals surface area contributed by atoms with Gasteiger partial charge < -0.3 is 14.7 Å². The highest BCUT2D eigenvalue weighted by Gasteiger charge is 2.20. The Bertz CT molecular complexity index is 1300. The van der Waals surface area contributed by atoms with Crippen molar-refractivity contribution < 1.29 is 14.2 Å². The number of allylic oxidation sites excluding steroid dienone is 3. The number of anilines is 1. The summed E-state index contributed by atoms with van der Waals surface area (Å²) in [5, 5.41) is 11.9. The van der Waals surface area contributed by atoms with Crippen LogP contribution in [0.15, 0.2) is 71.1 Å². The standard InChI is InChI=1S/C27H27FN4O2/c1-18-5-3-2-4-10-29-25(18)27(33)19-6-9-23(28)22(15-19)26-21-8-7-20(16-24(21)30-17-31-26)32-11-13-34-14-12-32/h2,4,6-10,15-17,27,33H,3,5,11-14H2,1H3. The Morgan fingerprint density at radius 3 is 2.79 bits per heavy atom. The van der Waals surface area contributed by atoms with Crippen molar-refractivity contribution in [3.05, 3.63) is 77.5 Å². The number of benzene rings is 2. The third kappa shape index (κ3) is 4.49. The number of hydrogen-bond acceptors (Lipinski definition) is 6. The third-order valence-corrected chi connectivity index (χ3v) is 6.38. The van der Waals surface area contributed by atoms with Crippen LogP contribution in [-0.4, -0.2) is 47.6 Å². The van der Waals surface area contributed by atoms with Crippen LogP contribution in [0.25, 0.3) is 22.2 Å². The highest BCUT2D eigenvalue weighted by atomic mass is 19.1. The number of ether oxygens (including phenoxy) is 1. The first kappa shape index (κ1) is 22.4. The molecule has 2 aromatic carbocycles. The number of morpholine rings is 1. The lowest BCUT2D eigenvalue weighted by Crippen LogP contribution is -2.36. The molecule has 0 radical (unpaired) electrons. The predicted octanol–water partition coefficient (Wildman–Crippen LogP) is 5.00. The van der Waals surface area contributed by atoms with E-state index < -0.39 is 11.9 Å². The summed E-state index contributed by atoms with van der Waals surface area (Å²) in [5.74, 6) is -0.400. The maximum Gasteiger partial charge on any atom is 0.132 e. The van der Waals surface area contributed by atoms with Crippen molar-refractivity contribution in [3.63, 3.8) is 0 Å². The molecule has 0 saturated carbocycles. The Labute approximate surface area is 198 Å². The summed E-state index contributed by atoms with van der Waals surface area (Å²) >= 11 is 0. The number of halogens is 1. The van der Waals surface area contributed by atoms with Crippen molar-refractivity contribution in [3.8, 4) is 11.3 Å². The molecule has 3 heterocycles. The van der Waals surface area contributed by atoms with Crippen molar-refractivity contribution in [1.29, 1.82) is 0 Å². The molecule has 174 valence electrons. The summed E-state index contributed by atoms with van der Waals surface area (Å²) in [6, 6.07) is 10.6. The Balaban J connectivity index is 1.54. The van der Waals surface area contributed by atoms with E-state index in [0.29, 0.717) is 35.7 Å². The van der Waals surface area contributed by atoms with Gasteiger partial charge in [0.1, 0.15) is 18.2 Å². The van der Waals surface area contributed by atoms with Crippen LogP contribution in [0.1, 0.15) is 31.4 Å². The zero-order valence-electron chi connectivity index (χ0n) is 19.1. The van der Waals surface area contributed by atoms with Gasteiger partial charge in [0.05, 0.1) is 30.1 Å². The summed E-state index contributed by atoms with van der Waals surface area (Å²) in [6.07, 6.45) is 7.84. The van der Waals surface area contributed by atoms with Crippen molar-refractivity contribution >= 4 is 22.8 Å². The molecule has 0 aliphatic carbocycles. The third-order valence-electron chi connectivity index (χ3n) is 6.38. The molecule has 3 aromatic rings. The Morgan fingerprint density at radius 2 is 1.94 bits per heavy atom. The molecule has 6 nitrogen and oxygen atoms in total. The van der Waals surface area contributed by atoms with Gasteiger partial charge in [-0.25, -0.2) is 14.4 Å². The minimum atomic E-state index is -0.955.